The van der Waals surface area contributed by atoms with Gasteiger partial charge in [0.15, 0.2) is 9.84 Å². The minimum Gasteiger partial charge on any atom is -0.366 e. The lowest BCUT2D eigenvalue weighted by Crippen LogP contribution is -2.37. The Labute approximate surface area is 153 Å². The van der Waals surface area contributed by atoms with E-state index in [0.29, 0.717) is 42.5 Å². The number of anilines is 2. The summed E-state index contributed by atoms with van der Waals surface area (Å²) in [6.45, 7) is 4.74. The molecule has 1 unspecified atom stereocenters. The molecule has 1 aromatic carbocycles. The fourth-order valence-electron chi connectivity index (χ4n) is 3.25. The van der Waals surface area contributed by atoms with Crippen LogP contribution in [0, 0.1) is 12.7 Å². The van der Waals surface area contributed by atoms with E-state index in [2.05, 4.69) is 15.3 Å². The molecule has 0 radical (unpaired) electrons. The van der Waals surface area contributed by atoms with Crippen molar-refractivity contribution >= 4 is 21.5 Å². The van der Waals surface area contributed by atoms with Gasteiger partial charge in [-0.25, -0.2) is 22.8 Å². The molecule has 0 amide bonds. The lowest BCUT2D eigenvalue weighted by molar-refractivity contribution is 0.599. The summed E-state index contributed by atoms with van der Waals surface area (Å²) in [6, 6.07) is 8.31. The lowest BCUT2D eigenvalue weighted by Gasteiger charge is -2.28. The van der Waals surface area contributed by atoms with Crippen LogP contribution >= 0.6 is 0 Å². The van der Waals surface area contributed by atoms with Crippen molar-refractivity contribution in [3.05, 3.63) is 47.5 Å². The smallest absolute Gasteiger partial charge is 0.152 e. The Hall–Kier alpha value is -2.22. The predicted molar refractivity (Wildman–Crippen MR) is 101 cm³/mol. The minimum atomic E-state index is -2.97. The van der Waals surface area contributed by atoms with E-state index in [1.807, 2.05) is 11.8 Å². The summed E-state index contributed by atoms with van der Waals surface area (Å²) in [5, 5.41) is 3.13. The van der Waals surface area contributed by atoms with Crippen LogP contribution in [0.2, 0.25) is 0 Å². The molecule has 1 aromatic heterocycles. The number of nitrogens with zero attached hydrogens (tertiary/aromatic N) is 3. The predicted octanol–water partition coefficient (Wildman–Crippen LogP) is 2.55. The summed E-state index contributed by atoms with van der Waals surface area (Å²) in [5.74, 6) is 1.97. The average Bonchev–Trinajstić information content (AvgIpc) is 2.94. The van der Waals surface area contributed by atoms with Crippen molar-refractivity contribution in [1.29, 1.82) is 0 Å². The summed E-state index contributed by atoms with van der Waals surface area (Å²) in [6.07, 6.45) is 0.608. The normalized spacial score (nSPS) is 18.7. The van der Waals surface area contributed by atoms with Crippen LogP contribution in [0.1, 0.15) is 24.7 Å². The van der Waals surface area contributed by atoms with E-state index in [4.69, 9.17) is 0 Å². The molecule has 1 fully saturated rings. The highest BCUT2D eigenvalue weighted by Gasteiger charge is 2.32. The van der Waals surface area contributed by atoms with Gasteiger partial charge in [0.25, 0.3) is 0 Å². The van der Waals surface area contributed by atoms with Crippen LogP contribution < -0.4 is 10.2 Å². The van der Waals surface area contributed by atoms with Crippen molar-refractivity contribution < 1.29 is 12.8 Å². The summed E-state index contributed by atoms with van der Waals surface area (Å²) in [7, 11) is -2.97. The number of hydrogen-bond donors (Lipinski definition) is 1. The SMILES string of the molecule is CCN(c1cc(NCc2ccccc2F)nc(C)n1)C1CCS(=O)(=O)C1. The topological polar surface area (TPSA) is 75.2 Å². The van der Waals surface area contributed by atoms with Gasteiger partial charge in [0.2, 0.25) is 0 Å². The fraction of sp³-hybridized carbons (Fsp3) is 0.444. The second-order valence-corrected chi connectivity index (χ2v) is 8.68. The van der Waals surface area contributed by atoms with Crippen molar-refractivity contribution in [2.75, 3.05) is 28.3 Å². The zero-order valence-electron chi connectivity index (χ0n) is 14.9. The van der Waals surface area contributed by atoms with Crippen LogP contribution in [0.15, 0.2) is 30.3 Å². The number of rotatable bonds is 6. The molecule has 6 nitrogen and oxygen atoms in total. The van der Waals surface area contributed by atoms with Crippen molar-refractivity contribution in [2.45, 2.75) is 32.9 Å². The van der Waals surface area contributed by atoms with Gasteiger partial charge in [-0.1, -0.05) is 18.2 Å². The Morgan fingerprint density at radius 1 is 1.31 bits per heavy atom. The molecule has 3 rings (SSSR count). The second kappa shape index (κ2) is 7.57. The van der Waals surface area contributed by atoms with E-state index in [-0.39, 0.29) is 23.4 Å². The number of aromatic nitrogens is 2. The van der Waals surface area contributed by atoms with Crippen LogP contribution in [-0.4, -0.2) is 42.5 Å². The van der Waals surface area contributed by atoms with E-state index >= 15 is 0 Å². The molecular formula is C18H23FN4O2S. The van der Waals surface area contributed by atoms with E-state index in [1.54, 1.807) is 31.2 Å². The molecule has 0 bridgehead atoms. The van der Waals surface area contributed by atoms with Crippen molar-refractivity contribution in [3.63, 3.8) is 0 Å². The van der Waals surface area contributed by atoms with Crippen LogP contribution in [0.25, 0.3) is 0 Å². The third-order valence-electron chi connectivity index (χ3n) is 4.53. The third-order valence-corrected chi connectivity index (χ3v) is 6.28. The third kappa shape index (κ3) is 4.30. The zero-order chi connectivity index (χ0) is 18.7. The largest absolute Gasteiger partial charge is 0.366 e. The molecule has 0 spiro atoms. The molecule has 1 atom stereocenters. The molecule has 0 saturated carbocycles. The van der Waals surface area contributed by atoms with E-state index in [0.717, 1.165) is 0 Å². The Morgan fingerprint density at radius 2 is 2.08 bits per heavy atom. The number of halogens is 1. The van der Waals surface area contributed by atoms with Gasteiger partial charge < -0.3 is 10.2 Å². The Bertz CT molecular complexity index is 889. The van der Waals surface area contributed by atoms with E-state index < -0.39 is 9.84 Å². The van der Waals surface area contributed by atoms with Gasteiger partial charge in [0.05, 0.1) is 11.5 Å². The molecule has 140 valence electrons. The van der Waals surface area contributed by atoms with Crippen molar-refractivity contribution in [1.82, 2.24) is 9.97 Å². The second-order valence-electron chi connectivity index (χ2n) is 6.45. The standard InChI is InChI=1S/C18H23FN4O2S/c1-3-23(15-8-9-26(24,25)12-15)18-10-17(21-13(2)22-18)20-11-14-6-4-5-7-16(14)19/h4-7,10,15H,3,8-9,11-12H2,1-2H3,(H,20,21,22). The Morgan fingerprint density at radius 3 is 2.73 bits per heavy atom. The van der Waals surface area contributed by atoms with Crippen LogP contribution in [0.3, 0.4) is 0 Å². The summed E-state index contributed by atoms with van der Waals surface area (Å²) in [5.41, 5.74) is 0.555. The molecule has 1 N–H and O–H groups in total. The quantitative estimate of drug-likeness (QED) is 0.833. The number of benzene rings is 1. The maximum Gasteiger partial charge on any atom is 0.152 e. The summed E-state index contributed by atoms with van der Waals surface area (Å²) in [4.78, 5) is 10.8. The zero-order valence-corrected chi connectivity index (χ0v) is 15.8. The first kappa shape index (κ1) is 18.6. The van der Waals surface area contributed by atoms with Gasteiger partial charge in [0.1, 0.15) is 23.3 Å². The van der Waals surface area contributed by atoms with E-state index in [9.17, 15) is 12.8 Å². The van der Waals surface area contributed by atoms with Gasteiger partial charge in [-0.15, -0.1) is 0 Å². The monoisotopic (exact) mass is 378 g/mol. The van der Waals surface area contributed by atoms with Crippen molar-refractivity contribution in [2.24, 2.45) is 0 Å². The summed E-state index contributed by atoms with van der Waals surface area (Å²) < 4.78 is 37.4. The first-order valence-corrected chi connectivity index (χ1v) is 10.5. The van der Waals surface area contributed by atoms with Gasteiger partial charge in [0, 0.05) is 30.8 Å². The molecule has 1 aliphatic heterocycles. The Kier molecular flexibility index (Phi) is 5.41. The highest BCUT2D eigenvalue weighted by atomic mass is 32.2. The van der Waals surface area contributed by atoms with Crippen LogP contribution in [-0.2, 0) is 16.4 Å². The van der Waals surface area contributed by atoms with Gasteiger partial charge in [-0.3, -0.25) is 0 Å². The minimum absolute atomic E-state index is 0.0706. The van der Waals surface area contributed by atoms with Gasteiger partial charge in [-0.2, -0.15) is 0 Å². The fourth-order valence-corrected chi connectivity index (χ4v) is 4.98. The number of aryl methyl sites for hydroxylation is 1. The highest BCUT2D eigenvalue weighted by Crippen LogP contribution is 2.24. The lowest BCUT2D eigenvalue weighted by atomic mass is 10.2. The molecule has 1 saturated heterocycles. The molecule has 0 aliphatic carbocycles. The molecular weight excluding hydrogens is 355 g/mol. The Balaban J connectivity index is 1.79. The maximum absolute atomic E-state index is 13.8. The average molecular weight is 378 g/mol. The summed E-state index contributed by atoms with van der Waals surface area (Å²) >= 11 is 0. The maximum atomic E-state index is 13.8. The van der Waals surface area contributed by atoms with Gasteiger partial charge in [-0.05, 0) is 26.3 Å². The van der Waals surface area contributed by atoms with Crippen LogP contribution in [0.5, 0.6) is 0 Å². The van der Waals surface area contributed by atoms with Gasteiger partial charge >= 0.3 is 0 Å². The molecule has 1 aliphatic rings. The molecule has 2 heterocycles. The first-order chi connectivity index (χ1) is 12.4. The number of nitrogens with one attached hydrogen (secondary N) is 1. The first-order valence-electron chi connectivity index (χ1n) is 8.68. The van der Waals surface area contributed by atoms with E-state index in [1.165, 1.54) is 6.07 Å². The molecule has 26 heavy (non-hydrogen) atoms. The number of sulfone groups is 1. The molecule has 8 heteroatoms. The number of hydrogen-bond acceptors (Lipinski definition) is 6. The highest BCUT2D eigenvalue weighted by molar-refractivity contribution is 7.91. The van der Waals surface area contributed by atoms with Crippen LogP contribution in [0.4, 0.5) is 16.0 Å². The molecule has 2 aromatic rings. The van der Waals surface area contributed by atoms with Crippen molar-refractivity contribution in [3.8, 4) is 0 Å².